The van der Waals surface area contributed by atoms with E-state index in [-0.39, 0.29) is 18.3 Å². The van der Waals surface area contributed by atoms with Gasteiger partial charge in [-0.2, -0.15) is 0 Å². The van der Waals surface area contributed by atoms with Gasteiger partial charge in [0, 0.05) is 29.3 Å². The number of ether oxygens (including phenoxy) is 1. The molecular formula is C26H31N5O3S2. The van der Waals surface area contributed by atoms with Gasteiger partial charge in [0.2, 0.25) is 5.91 Å². The number of methoxy groups -OCH3 is 1. The number of aryl methyl sites for hydroxylation is 2. The molecule has 1 aliphatic carbocycles. The van der Waals surface area contributed by atoms with Crippen molar-refractivity contribution in [1.82, 2.24) is 14.8 Å². The lowest BCUT2D eigenvalue weighted by Gasteiger charge is -2.11. The molecule has 2 N–H and O–H groups in total. The number of fused-ring (bicyclic) bond motifs is 1. The van der Waals surface area contributed by atoms with Crippen molar-refractivity contribution in [2.45, 2.75) is 57.3 Å². The van der Waals surface area contributed by atoms with Crippen molar-refractivity contribution in [2.24, 2.45) is 0 Å². The second-order valence-corrected chi connectivity index (χ2v) is 10.7. The number of benzene rings is 1. The van der Waals surface area contributed by atoms with E-state index in [9.17, 15) is 9.59 Å². The monoisotopic (exact) mass is 525 g/mol. The average molecular weight is 526 g/mol. The molecule has 1 aromatic carbocycles. The van der Waals surface area contributed by atoms with Gasteiger partial charge < -0.3 is 19.9 Å². The van der Waals surface area contributed by atoms with Crippen molar-refractivity contribution in [3.05, 3.63) is 64.3 Å². The first-order valence-electron chi connectivity index (χ1n) is 12.0. The van der Waals surface area contributed by atoms with Gasteiger partial charge in [0.05, 0.1) is 19.2 Å². The molecule has 0 bridgehead atoms. The molecule has 1 amide bonds. The predicted molar refractivity (Wildman–Crippen MR) is 145 cm³/mol. The topological polar surface area (TPSA) is 98.1 Å². The summed E-state index contributed by atoms with van der Waals surface area (Å²) in [5.41, 5.74) is 3.78. The van der Waals surface area contributed by atoms with Crippen LogP contribution in [0.5, 0.6) is 0 Å². The molecule has 2 aromatic heterocycles. The zero-order valence-electron chi connectivity index (χ0n) is 20.6. The SMILES string of the molecule is C=CCn1c(CNc2ccc(C)cc2)nnc1SCCC(=O)Nc1sc2c(c1C(=O)OC)CCCC2. The standard InChI is InChI=1S/C26H31N5O3S2/c1-4-14-31-21(16-27-18-11-9-17(2)10-12-18)29-30-26(31)35-15-13-22(32)28-24-23(25(33)34-3)19-7-5-6-8-20(19)36-24/h4,9-12,27H,1,5-8,13-16H2,2-3H3,(H,28,32). The number of hydrogen-bond acceptors (Lipinski definition) is 8. The highest BCUT2D eigenvalue weighted by Crippen LogP contribution is 2.38. The minimum atomic E-state index is -0.386. The summed E-state index contributed by atoms with van der Waals surface area (Å²) in [5.74, 6) is 0.811. The summed E-state index contributed by atoms with van der Waals surface area (Å²) in [7, 11) is 1.38. The maximum absolute atomic E-state index is 12.7. The van der Waals surface area contributed by atoms with Crippen LogP contribution in [-0.2, 0) is 35.5 Å². The summed E-state index contributed by atoms with van der Waals surface area (Å²) in [4.78, 5) is 26.3. The number of nitrogens with zero attached hydrogens (tertiary/aromatic N) is 3. The van der Waals surface area contributed by atoms with E-state index in [0.29, 0.717) is 29.4 Å². The summed E-state index contributed by atoms with van der Waals surface area (Å²) in [5, 5.41) is 16.3. The molecule has 0 atom stereocenters. The van der Waals surface area contributed by atoms with E-state index in [4.69, 9.17) is 4.74 Å². The maximum Gasteiger partial charge on any atom is 0.341 e. The minimum Gasteiger partial charge on any atom is -0.465 e. The number of esters is 1. The van der Waals surface area contributed by atoms with Crippen LogP contribution in [-0.4, -0.2) is 39.5 Å². The summed E-state index contributed by atoms with van der Waals surface area (Å²) < 4.78 is 6.99. The second-order valence-electron chi connectivity index (χ2n) is 8.57. The van der Waals surface area contributed by atoms with Crippen molar-refractivity contribution >= 4 is 45.7 Å². The van der Waals surface area contributed by atoms with Gasteiger partial charge in [-0.05, 0) is 50.3 Å². The largest absolute Gasteiger partial charge is 0.465 e. The average Bonchev–Trinajstić information content (AvgIpc) is 3.44. The number of thioether (sulfide) groups is 1. The second kappa shape index (κ2) is 12.2. The van der Waals surface area contributed by atoms with E-state index < -0.39 is 0 Å². The minimum absolute atomic E-state index is 0.137. The zero-order valence-corrected chi connectivity index (χ0v) is 22.3. The number of nitrogens with one attached hydrogen (secondary N) is 2. The van der Waals surface area contributed by atoms with Crippen LogP contribution in [0.1, 0.15) is 51.4 Å². The predicted octanol–water partition coefficient (Wildman–Crippen LogP) is 5.23. The van der Waals surface area contributed by atoms with E-state index in [1.807, 2.05) is 22.8 Å². The van der Waals surface area contributed by atoms with E-state index >= 15 is 0 Å². The Morgan fingerprint density at radius 2 is 2.00 bits per heavy atom. The highest BCUT2D eigenvalue weighted by molar-refractivity contribution is 7.99. The van der Waals surface area contributed by atoms with Crippen molar-refractivity contribution < 1.29 is 14.3 Å². The molecule has 2 heterocycles. The van der Waals surface area contributed by atoms with Gasteiger partial charge in [-0.25, -0.2) is 4.79 Å². The Hall–Kier alpha value is -3.11. The third kappa shape index (κ3) is 6.17. The highest BCUT2D eigenvalue weighted by Gasteiger charge is 2.27. The summed E-state index contributed by atoms with van der Waals surface area (Å²) in [6, 6.07) is 8.19. The van der Waals surface area contributed by atoms with Gasteiger partial charge >= 0.3 is 5.97 Å². The van der Waals surface area contributed by atoms with Crippen molar-refractivity contribution in [1.29, 1.82) is 0 Å². The molecule has 0 spiro atoms. The zero-order chi connectivity index (χ0) is 25.5. The normalized spacial score (nSPS) is 12.6. The molecule has 0 saturated carbocycles. The first kappa shape index (κ1) is 26.0. The van der Waals surface area contributed by atoms with Crippen molar-refractivity contribution in [3.8, 4) is 0 Å². The van der Waals surface area contributed by atoms with Crippen LogP contribution in [0.2, 0.25) is 0 Å². The molecule has 4 rings (SSSR count). The molecule has 3 aromatic rings. The van der Waals surface area contributed by atoms with E-state index in [0.717, 1.165) is 47.9 Å². The van der Waals surface area contributed by atoms with E-state index in [1.165, 1.54) is 40.6 Å². The third-order valence-electron chi connectivity index (χ3n) is 5.98. The summed E-state index contributed by atoms with van der Waals surface area (Å²) in [6.45, 7) is 7.02. The van der Waals surface area contributed by atoms with Crippen LogP contribution < -0.4 is 10.6 Å². The van der Waals surface area contributed by atoms with Gasteiger partial charge in [-0.3, -0.25) is 4.79 Å². The third-order valence-corrected chi connectivity index (χ3v) is 8.16. The van der Waals surface area contributed by atoms with E-state index in [2.05, 4.69) is 46.5 Å². The number of allylic oxidation sites excluding steroid dienone is 1. The number of carbonyl (C=O) groups is 2. The Morgan fingerprint density at radius 3 is 2.75 bits per heavy atom. The summed E-state index contributed by atoms with van der Waals surface area (Å²) in [6.07, 6.45) is 6.03. The first-order chi connectivity index (χ1) is 17.5. The van der Waals surface area contributed by atoms with Gasteiger partial charge in [-0.15, -0.1) is 28.1 Å². The quantitative estimate of drug-likeness (QED) is 0.201. The Balaban J connectivity index is 1.35. The Bertz CT molecular complexity index is 1230. The smallest absolute Gasteiger partial charge is 0.341 e. The number of hydrogen-bond donors (Lipinski definition) is 2. The molecule has 0 fully saturated rings. The Morgan fingerprint density at radius 1 is 1.22 bits per heavy atom. The fourth-order valence-electron chi connectivity index (χ4n) is 4.12. The highest BCUT2D eigenvalue weighted by atomic mass is 32.2. The fourth-order valence-corrected chi connectivity index (χ4v) is 6.32. The first-order valence-corrected chi connectivity index (χ1v) is 13.8. The number of rotatable bonds is 11. The Kier molecular flexibility index (Phi) is 8.82. The lowest BCUT2D eigenvalue weighted by Crippen LogP contribution is -2.15. The lowest BCUT2D eigenvalue weighted by molar-refractivity contribution is -0.115. The molecule has 190 valence electrons. The molecule has 1 aliphatic rings. The van der Waals surface area contributed by atoms with Crippen LogP contribution >= 0.6 is 23.1 Å². The molecule has 0 aliphatic heterocycles. The van der Waals surface area contributed by atoms with Crippen LogP contribution in [0.4, 0.5) is 10.7 Å². The fraction of sp³-hybridized carbons (Fsp3) is 0.385. The van der Waals surface area contributed by atoms with Gasteiger partial charge in [-0.1, -0.05) is 35.5 Å². The van der Waals surface area contributed by atoms with Crippen molar-refractivity contribution in [2.75, 3.05) is 23.5 Å². The van der Waals surface area contributed by atoms with Crippen LogP contribution in [0.25, 0.3) is 0 Å². The van der Waals surface area contributed by atoms with Gasteiger partial charge in [0.25, 0.3) is 0 Å². The maximum atomic E-state index is 12.7. The molecule has 8 nitrogen and oxygen atoms in total. The number of aromatic nitrogens is 3. The van der Waals surface area contributed by atoms with Crippen molar-refractivity contribution in [3.63, 3.8) is 0 Å². The van der Waals surface area contributed by atoms with Gasteiger partial charge in [0.15, 0.2) is 11.0 Å². The molecule has 0 saturated heterocycles. The lowest BCUT2D eigenvalue weighted by atomic mass is 9.95. The van der Waals surface area contributed by atoms with Crippen LogP contribution in [0.15, 0.2) is 42.1 Å². The Labute approximate surface area is 219 Å². The summed E-state index contributed by atoms with van der Waals surface area (Å²) >= 11 is 2.97. The van der Waals surface area contributed by atoms with Crippen LogP contribution in [0.3, 0.4) is 0 Å². The molecule has 0 radical (unpaired) electrons. The molecular weight excluding hydrogens is 494 g/mol. The number of amides is 1. The molecule has 0 unspecified atom stereocenters. The molecule has 36 heavy (non-hydrogen) atoms. The number of thiophene rings is 1. The van der Waals surface area contributed by atoms with Gasteiger partial charge in [0.1, 0.15) is 5.00 Å². The molecule has 10 heteroatoms. The number of anilines is 2. The van der Waals surface area contributed by atoms with Crippen LogP contribution in [0, 0.1) is 6.92 Å². The number of carbonyl (C=O) groups excluding carboxylic acids is 2. The van der Waals surface area contributed by atoms with E-state index in [1.54, 1.807) is 0 Å².